The lowest BCUT2D eigenvalue weighted by molar-refractivity contribution is 0.0697. The highest BCUT2D eigenvalue weighted by molar-refractivity contribution is 6.35. The molecule has 0 aliphatic heterocycles. The number of hydrogen-bond acceptors (Lipinski definition) is 3. The number of hydrogen-bond donors (Lipinski definition) is 1. The van der Waals surface area contributed by atoms with E-state index in [0.717, 1.165) is 5.56 Å². The number of carboxylic acid groups (broad SMARTS) is 1. The summed E-state index contributed by atoms with van der Waals surface area (Å²) >= 11 is 12.0. The van der Waals surface area contributed by atoms with Crippen molar-refractivity contribution in [2.75, 3.05) is 11.9 Å². The highest BCUT2D eigenvalue weighted by Crippen LogP contribution is 2.27. The minimum Gasteiger partial charge on any atom is -0.478 e. The molecule has 6 heteroatoms. The van der Waals surface area contributed by atoms with E-state index >= 15 is 0 Å². The van der Waals surface area contributed by atoms with Gasteiger partial charge in [0, 0.05) is 24.8 Å². The zero-order valence-corrected chi connectivity index (χ0v) is 12.2. The summed E-state index contributed by atoms with van der Waals surface area (Å²) in [5.41, 5.74) is 1.02. The van der Waals surface area contributed by atoms with Gasteiger partial charge in [0.15, 0.2) is 0 Å². The molecule has 0 amide bonds. The van der Waals surface area contributed by atoms with Crippen LogP contribution < -0.4 is 4.90 Å². The Labute approximate surface area is 126 Å². The van der Waals surface area contributed by atoms with Crippen LogP contribution in [0.3, 0.4) is 0 Å². The molecule has 0 saturated carbocycles. The van der Waals surface area contributed by atoms with E-state index in [4.69, 9.17) is 28.3 Å². The lowest BCUT2D eigenvalue weighted by Gasteiger charge is -2.20. The second-order valence-electron chi connectivity index (χ2n) is 4.29. The summed E-state index contributed by atoms with van der Waals surface area (Å²) in [5.74, 6) is -0.652. The summed E-state index contributed by atoms with van der Waals surface area (Å²) in [6.07, 6.45) is 1.43. The molecule has 1 N–H and O–H groups in total. The molecule has 1 aromatic carbocycles. The van der Waals surface area contributed by atoms with Crippen LogP contribution in [0.2, 0.25) is 10.0 Å². The third kappa shape index (κ3) is 3.21. The number of rotatable bonds is 4. The van der Waals surface area contributed by atoms with Crippen molar-refractivity contribution < 1.29 is 9.90 Å². The molecule has 1 aromatic heterocycles. The van der Waals surface area contributed by atoms with Gasteiger partial charge in [0.2, 0.25) is 0 Å². The number of benzene rings is 1. The van der Waals surface area contributed by atoms with E-state index in [2.05, 4.69) is 4.98 Å². The van der Waals surface area contributed by atoms with Crippen LogP contribution in [0.4, 0.5) is 5.82 Å². The molecule has 0 spiro atoms. The number of halogens is 2. The van der Waals surface area contributed by atoms with Gasteiger partial charge < -0.3 is 10.0 Å². The average Bonchev–Trinajstić information content (AvgIpc) is 2.38. The number of carbonyl (C=O) groups is 1. The van der Waals surface area contributed by atoms with Gasteiger partial charge in [0.25, 0.3) is 0 Å². The van der Waals surface area contributed by atoms with Crippen molar-refractivity contribution in [2.24, 2.45) is 0 Å². The summed E-state index contributed by atoms with van der Waals surface area (Å²) < 4.78 is 0. The van der Waals surface area contributed by atoms with E-state index in [9.17, 15) is 4.79 Å². The molecule has 0 saturated heterocycles. The number of nitrogens with zero attached hydrogens (tertiary/aromatic N) is 2. The predicted molar refractivity (Wildman–Crippen MR) is 79.8 cm³/mol. The molecule has 0 aliphatic rings. The van der Waals surface area contributed by atoms with E-state index in [1.807, 2.05) is 18.2 Å². The van der Waals surface area contributed by atoms with Crippen LogP contribution in [0.15, 0.2) is 36.5 Å². The van der Waals surface area contributed by atoms with Crippen LogP contribution >= 0.6 is 23.2 Å². The highest BCUT2D eigenvalue weighted by atomic mass is 35.5. The SMILES string of the molecule is CN(Cc1cccc(Cl)c1)c1nccc(C(=O)O)c1Cl. The Morgan fingerprint density at radius 1 is 1.35 bits per heavy atom. The van der Waals surface area contributed by atoms with Crippen LogP contribution in [0.5, 0.6) is 0 Å². The number of carboxylic acids is 1. The molecule has 0 fully saturated rings. The molecule has 20 heavy (non-hydrogen) atoms. The smallest absolute Gasteiger partial charge is 0.337 e. The van der Waals surface area contributed by atoms with E-state index < -0.39 is 5.97 Å². The molecular weight excluding hydrogens is 299 g/mol. The van der Waals surface area contributed by atoms with Gasteiger partial charge in [-0.3, -0.25) is 0 Å². The van der Waals surface area contributed by atoms with E-state index in [1.165, 1.54) is 12.3 Å². The van der Waals surface area contributed by atoms with Gasteiger partial charge in [-0.2, -0.15) is 0 Å². The summed E-state index contributed by atoms with van der Waals surface area (Å²) in [4.78, 5) is 17.0. The van der Waals surface area contributed by atoms with Crippen LogP contribution in [-0.4, -0.2) is 23.1 Å². The Morgan fingerprint density at radius 2 is 2.10 bits per heavy atom. The second-order valence-corrected chi connectivity index (χ2v) is 5.10. The largest absolute Gasteiger partial charge is 0.478 e. The second kappa shape index (κ2) is 6.11. The van der Waals surface area contributed by atoms with Crippen molar-refractivity contribution in [3.8, 4) is 0 Å². The van der Waals surface area contributed by atoms with E-state index in [-0.39, 0.29) is 10.6 Å². The highest BCUT2D eigenvalue weighted by Gasteiger charge is 2.16. The van der Waals surface area contributed by atoms with Crippen LogP contribution in [0.1, 0.15) is 15.9 Å². The first-order chi connectivity index (χ1) is 9.49. The average molecular weight is 311 g/mol. The van der Waals surface area contributed by atoms with Crippen molar-refractivity contribution in [2.45, 2.75) is 6.54 Å². The van der Waals surface area contributed by atoms with Crippen LogP contribution in [-0.2, 0) is 6.54 Å². The molecule has 0 atom stereocenters. The minimum absolute atomic E-state index is 0.0367. The maximum atomic E-state index is 11.1. The molecule has 0 aliphatic carbocycles. The van der Waals surface area contributed by atoms with Crippen molar-refractivity contribution in [3.63, 3.8) is 0 Å². The van der Waals surface area contributed by atoms with Crippen molar-refractivity contribution in [3.05, 3.63) is 57.7 Å². The number of pyridine rings is 1. The molecule has 4 nitrogen and oxygen atoms in total. The van der Waals surface area contributed by atoms with Crippen molar-refractivity contribution in [1.82, 2.24) is 4.98 Å². The third-order valence-electron chi connectivity index (χ3n) is 2.77. The maximum Gasteiger partial charge on any atom is 0.337 e. The fraction of sp³-hybridized carbons (Fsp3) is 0.143. The van der Waals surface area contributed by atoms with Crippen molar-refractivity contribution >= 4 is 35.0 Å². The standard InChI is InChI=1S/C14H12Cl2N2O2/c1-18(8-9-3-2-4-10(15)7-9)13-12(16)11(14(19)20)5-6-17-13/h2-7H,8H2,1H3,(H,19,20). The predicted octanol–water partition coefficient (Wildman–Crippen LogP) is 3.72. The Hall–Kier alpha value is -1.78. The molecular formula is C14H12Cl2N2O2. The Kier molecular flexibility index (Phi) is 4.47. The van der Waals surface area contributed by atoms with Gasteiger partial charge in [-0.05, 0) is 23.8 Å². The summed E-state index contributed by atoms with van der Waals surface area (Å²) in [6.45, 7) is 0.524. The molecule has 1 heterocycles. The Balaban J connectivity index is 2.28. The molecule has 0 radical (unpaired) electrons. The topological polar surface area (TPSA) is 53.4 Å². The first-order valence-corrected chi connectivity index (χ1v) is 6.58. The van der Waals surface area contributed by atoms with Gasteiger partial charge in [-0.1, -0.05) is 35.3 Å². The number of aromatic carboxylic acids is 1. The fourth-order valence-electron chi connectivity index (χ4n) is 1.85. The number of anilines is 1. The fourth-order valence-corrected chi connectivity index (χ4v) is 2.40. The zero-order chi connectivity index (χ0) is 14.7. The summed E-state index contributed by atoms with van der Waals surface area (Å²) in [7, 11) is 1.79. The zero-order valence-electron chi connectivity index (χ0n) is 10.7. The molecule has 104 valence electrons. The molecule has 0 unspecified atom stereocenters. The lowest BCUT2D eigenvalue weighted by Crippen LogP contribution is -2.19. The normalized spacial score (nSPS) is 10.3. The van der Waals surface area contributed by atoms with E-state index in [0.29, 0.717) is 17.4 Å². The van der Waals surface area contributed by atoms with Gasteiger partial charge in [0.1, 0.15) is 5.82 Å². The summed E-state index contributed by atoms with van der Waals surface area (Å²) in [6, 6.07) is 8.79. The molecule has 0 bridgehead atoms. The monoisotopic (exact) mass is 310 g/mol. The van der Waals surface area contributed by atoms with Crippen molar-refractivity contribution in [1.29, 1.82) is 0 Å². The van der Waals surface area contributed by atoms with Gasteiger partial charge >= 0.3 is 5.97 Å². The van der Waals surface area contributed by atoms with Gasteiger partial charge in [-0.25, -0.2) is 9.78 Å². The van der Waals surface area contributed by atoms with Crippen LogP contribution in [0.25, 0.3) is 0 Å². The number of aromatic nitrogens is 1. The minimum atomic E-state index is -1.07. The first kappa shape index (κ1) is 14.6. The van der Waals surface area contributed by atoms with Crippen LogP contribution in [0, 0.1) is 0 Å². The first-order valence-electron chi connectivity index (χ1n) is 5.82. The van der Waals surface area contributed by atoms with Gasteiger partial charge in [0.05, 0.1) is 10.6 Å². The Morgan fingerprint density at radius 3 is 2.75 bits per heavy atom. The quantitative estimate of drug-likeness (QED) is 0.935. The molecule has 2 rings (SSSR count). The van der Waals surface area contributed by atoms with E-state index in [1.54, 1.807) is 18.0 Å². The Bertz CT molecular complexity index is 647. The summed E-state index contributed by atoms with van der Waals surface area (Å²) in [5, 5.41) is 9.83. The lowest BCUT2D eigenvalue weighted by atomic mass is 10.2. The third-order valence-corrected chi connectivity index (χ3v) is 3.38. The molecule has 2 aromatic rings. The maximum absolute atomic E-state index is 11.1. The van der Waals surface area contributed by atoms with Gasteiger partial charge in [-0.15, -0.1) is 0 Å².